The van der Waals surface area contributed by atoms with Crippen molar-refractivity contribution in [1.29, 1.82) is 0 Å². The van der Waals surface area contributed by atoms with Crippen molar-refractivity contribution in [3.05, 3.63) is 33.6 Å². The standard InChI is InChI=1S/C18H18F2N2O4/c1-2-25-17(24)9-6-22-7-18(4-3-5-18)8-26-16-12(20)11(19)13(21)10(14(16)22)15(9)23/h6H,2-5,7-8,21H2,1H3. The number of rotatable bonds is 2. The highest BCUT2D eigenvalue weighted by Crippen LogP contribution is 2.47. The Morgan fingerprint density at radius 2 is 2.12 bits per heavy atom. The molecule has 2 heterocycles. The minimum Gasteiger partial charge on any atom is -0.488 e. The predicted octanol–water partition coefficient (Wildman–Crippen LogP) is 2.60. The van der Waals surface area contributed by atoms with Crippen LogP contribution in [0.3, 0.4) is 0 Å². The summed E-state index contributed by atoms with van der Waals surface area (Å²) >= 11 is 0. The molecule has 8 heteroatoms. The van der Waals surface area contributed by atoms with Crippen molar-refractivity contribution in [3.8, 4) is 5.75 Å². The minimum atomic E-state index is -1.35. The number of benzene rings is 1. The van der Waals surface area contributed by atoms with E-state index >= 15 is 0 Å². The van der Waals surface area contributed by atoms with Crippen molar-refractivity contribution in [2.45, 2.75) is 32.7 Å². The van der Waals surface area contributed by atoms with Crippen molar-refractivity contribution in [1.82, 2.24) is 4.57 Å². The Morgan fingerprint density at radius 3 is 2.73 bits per heavy atom. The van der Waals surface area contributed by atoms with Crippen LogP contribution in [0.2, 0.25) is 0 Å². The van der Waals surface area contributed by atoms with Crippen molar-refractivity contribution in [2.24, 2.45) is 5.41 Å². The number of nitrogens with zero attached hydrogens (tertiary/aromatic N) is 1. The summed E-state index contributed by atoms with van der Waals surface area (Å²) in [7, 11) is 0. The number of carbonyl (C=O) groups is 1. The van der Waals surface area contributed by atoms with Gasteiger partial charge in [0.2, 0.25) is 11.2 Å². The van der Waals surface area contributed by atoms with Crippen molar-refractivity contribution < 1.29 is 23.0 Å². The third-order valence-electron chi connectivity index (χ3n) is 5.33. The Morgan fingerprint density at radius 1 is 1.38 bits per heavy atom. The Kier molecular flexibility index (Phi) is 3.68. The predicted molar refractivity (Wildman–Crippen MR) is 90.3 cm³/mol. The van der Waals surface area contributed by atoms with Gasteiger partial charge in [0.15, 0.2) is 11.6 Å². The van der Waals surface area contributed by atoms with E-state index in [9.17, 15) is 18.4 Å². The Hall–Kier alpha value is -2.64. The second-order valence-electron chi connectivity index (χ2n) is 6.96. The van der Waals surface area contributed by atoms with E-state index < -0.39 is 28.7 Å². The number of esters is 1. The molecule has 1 saturated carbocycles. The summed E-state index contributed by atoms with van der Waals surface area (Å²) in [6.07, 6.45) is 4.08. The highest BCUT2D eigenvalue weighted by Gasteiger charge is 2.42. The maximum atomic E-state index is 14.5. The van der Waals surface area contributed by atoms with Gasteiger partial charge >= 0.3 is 5.97 Å². The van der Waals surface area contributed by atoms with Crippen LogP contribution in [0.15, 0.2) is 11.0 Å². The van der Waals surface area contributed by atoms with E-state index in [1.807, 2.05) is 0 Å². The van der Waals surface area contributed by atoms with E-state index in [0.29, 0.717) is 6.54 Å². The lowest BCUT2D eigenvalue weighted by atomic mass is 9.69. The van der Waals surface area contributed by atoms with Gasteiger partial charge < -0.3 is 19.8 Å². The molecule has 6 nitrogen and oxygen atoms in total. The van der Waals surface area contributed by atoms with Gasteiger partial charge in [0.25, 0.3) is 0 Å². The third-order valence-corrected chi connectivity index (χ3v) is 5.33. The molecule has 0 radical (unpaired) electrons. The van der Waals surface area contributed by atoms with Crippen LogP contribution in [0.1, 0.15) is 36.5 Å². The normalized spacial score (nSPS) is 17.5. The molecule has 138 valence electrons. The maximum Gasteiger partial charge on any atom is 0.343 e. The lowest BCUT2D eigenvalue weighted by Crippen LogP contribution is -2.38. The van der Waals surface area contributed by atoms with E-state index in [1.54, 1.807) is 11.5 Å². The van der Waals surface area contributed by atoms with Crippen molar-refractivity contribution >= 4 is 22.6 Å². The van der Waals surface area contributed by atoms with Gasteiger partial charge in [-0.1, -0.05) is 6.42 Å². The van der Waals surface area contributed by atoms with E-state index in [-0.39, 0.29) is 40.8 Å². The largest absolute Gasteiger partial charge is 0.488 e. The SMILES string of the molecule is CCOC(=O)c1cn2c3c(c(F)c(F)c(N)c3c1=O)OCC1(CCC1)C2. The quantitative estimate of drug-likeness (QED) is 0.654. The molecule has 0 amide bonds. The Labute approximate surface area is 147 Å². The summed E-state index contributed by atoms with van der Waals surface area (Å²) in [5.74, 6) is -3.71. The molecule has 26 heavy (non-hydrogen) atoms. The lowest BCUT2D eigenvalue weighted by Gasteiger charge is -2.40. The number of hydrogen-bond donors (Lipinski definition) is 1. The molecule has 0 saturated heterocycles. The number of nitrogens with two attached hydrogens (primary N) is 1. The molecule has 4 rings (SSSR count). The van der Waals surface area contributed by atoms with Crippen molar-refractivity contribution in [2.75, 3.05) is 18.9 Å². The maximum absolute atomic E-state index is 14.5. The monoisotopic (exact) mass is 364 g/mol. The number of pyridine rings is 1. The molecule has 2 N–H and O–H groups in total. The molecule has 2 aliphatic rings. The average Bonchev–Trinajstić information content (AvgIpc) is 2.75. The molecule has 0 unspecified atom stereocenters. The first-order valence-corrected chi connectivity index (χ1v) is 8.52. The lowest BCUT2D eigenvalue weighted by molar-refractivity contribution is 0.0452. The van der Waals surface area contributed by atoms with Crippen LogP contribution >= 0.6 is 0 Å². The minimum absolute atomic E-state index is 0.0852. The number of anilines is 1. The zero-order chi connectivity index (χ0) is 18.6. The second kappa shape index (κ2) is 5.69. The summed E-state index contributed by atoms with van der Waals surface area (Å²) in [4.78, 5) is 25.0. The first-order valence-electron chi connectivity index (χ1n) is 8.52. The topological polar surface area (TPSA) is 83.5 Å². The molecule has 1 aliphatic carbocycles. The number of halogens is 2. The summed E-state index contributed by atoms with van der Waals surface area (Å²) in [6.45, 7) is 2.34. The van der Waals surface area contributed by atoms with Gasteiger partial charge in [-0.2, -0.15) is 4.39 Å². The zero-order valence-electron chi connectivity index (χ0n) is 14.2. The smallest absolute Gasteiger partial charge is 0.343 e. The molecular weight excluding hydrogens is 346 g/mol. The molecule has 0 atom stereocenters. The highest BCUT2D eigenvalue weighted by atomic mass is 19.2. The van der Waals surface area contributed by atoms with E-state index in [1.165, 1.54) is 6.20 Å². The summed E-state index contributed by atoms with van der Waals surface area (Å²) in [5, 5.41) is -0.249. The number of nitrogen functional groups attached to an aromatic ring is 1. The highest BCUT2D eigenvalue weighted by molar-refractivity contribution is 6.00. The van der Waals surface area contributed by atoms with Crippen LogP contribution in [0.25, 0.3) is 10.9 Å². The van der Waals surface area contributed by atoms with E-state index in [4.69, 9.17) is 15.2 Å². The summed E-state index contributed by atoms with van der Waals surface area (Å²) in [5.41, 5.74) is 3.90. The average molecular weight is 364 g/mol. The van der Waals surface area contributed by atoms with Crippen LogP contribution in [-0.2, 0) is 11.3 Å². The second-order valence-corrected chi connectivity index (χ2v) is 6.96. The van der Waals surface area contributed by atoms with Gasteiger partial charge in [-0.3, -0.25) is 4.79 Å². The molecular formula is C18H18F2N2O4. The molecule has 1 aliphatic heterocycles. The van der Waals surface area contributed by atoms with Crippen LogP contribution in [-0.4, -0.2) is 23.8 Å². The number of aromatic nitrogens is 1. The third kappa shape index (κ3) is 2.21. The molecule has 1 fully saturated rings. The van der Waals surface area contributed by atoms with Crippen molar-refractivity contribution in [3.63, 3.8) is 0 Å². The number of hydrogen-bond acceptors (Lipinski definition) is 5. The first-order chi connectivity index (χ1) is 12.4. The fourth-order valence-corrected chi connectivity index (χ4v) is 3.81. The van der Waals surface area contributed by atoms with Crippen LogP contribution < -0.4 is 15.9 Å². The molecule has 1 spiro atoms. The summed E-state index contributed by atoms with van der Waals surface area (Å²) in [6, 6.07) is 0. The number of carbonyl (C=O) groups excluding carboxylic acids is 1. The van der Waals surface area contributed by atoms with E-state index in [0.717, 1.165) is 19.3 Å². The van der Waals surface area contributed by atoms with Gasteiger partial charge in [0.05, 0.1) is 24.3 Å². The zero-order valence-corrected chi connectivity index (χ0v) is 14.2. The molecule has 1 aromatic heterocycles. The fourth-order valence-electron chi connectivity index (χ4n) is 3.81. The summed E-state index contributed by atoms with van der Waals surface area (Å²) < 4.78 is 40.9. The Bertz CT molecular complexity index is 995. The van der Waals surface area contributed by atoms with E-state index in [2.05, 4.69) is 0 Å². The van der Waals surface area contributed by atoms with Gasteiger partial charge in [-0.15, -0.1) is 0 Å². The van der Waals surface area contributed by atoms with Gasteiger partial charge in [0.1, 0.15) is 11.1 Å². The first kappa shape index (κ1) is 16.8. The van der Waals surface area contributed by atoms with Gasteiger partial charge in [0, 0.05) is 18.2 Å². The number of ether oxygens (including phenoxy) is 2. The van der Waals surface area contributed by atoms with Crippen LogP contribution in [0.4, 0.5) is 14.5 Å². The molecule has 1 aromatic carbocycles. The van der Waals surface area contributed by atoms with Gasteiger partial charge in [-0.25, -0.2) is 9.18 Å². The molecule has 2 aromatic rings. The van der Waals surface area contributed by atoms with Crippen LogP contribution in [0.5, 0.6) is 5.75 Å². The molecule has 0 bridgehead atoms. The van der Waals surface area contributed by atoms with Crippen LogP contribution in [0, 0.1) is 17.0 Å². The fraction of sp³-hybridized carbons (Fsp3) is 0.444. The van der Waals surface area contributed by atoms with Gasteiger partial charge in [-0.05, 0) is 19.8 Å². The Balaban J connectivity index is 2.08.